The van der Waals surface area contributed by atoms with Crippen molar-refractivity contribution in [3.05, 3.63) is 65.0 Å². The average Bonchev–Trinajstić information content (AvgIpc) is 2.46. The number of hydrogen-bond acceptors (Lipinski definition) is 2. The van der Waals surface area contributed by atoms with Crippen LogP contribution in [0.25, 0.3) is 22.0 Å². The maximum absolute atomic E-state index is 11.4. The highest BCUT2D eigenvalue weighted by Crippen LogP contribution is 2.32. The van der Waals surface area contributed by atoms with E-state index in [2.05, 4.69) is 4.98 Å². The zero-order chi connectivity index (χ0) is 13.2. The van der Waals surface area contributed by atoms with Crippen molar-refractivity contribution in [3.8, 4) is 16.9 Å². The summed E-state index contributed by atoms with van der Waals surface area (Å²) in [5.41, 5.74) is 2.74. The highest BCUT2D eigenvalue weighted by Gasteiger charge is 2.08. The van der Waals surface area contributed by atoms with Crippen LogP contribution in [0.3, 0.4) is 0 Å². The minimum atomic E-state index is -0.100. The number of H-pyrrole nitrogens is 1. The van der Waals surface area contributed by atoms with Crippen molar-refractivity contribution in [2.45, 2.75) is 0 Å². The van der Waals surface area contributed by atoms with Crippen molar-refractivity contribution in [2.75, 3.05) is 7.11 Å². The molecule has 0 bridgehead atoms. The molecule has 3 heteroatoms. The van der Waals surface area contributed by atoms with Crippen molar-refractivity contribution in [3.63, 3.8) is 0 Å². The first-order chi connectivity index (χ1) is 9.28. The van der Waals surface area contributed by atoms with E-state index >= 15 is 0 Å². The van der Waals surface area contributed by atoms with E-state index in [0.717, 1.165) is 27.8 Å². The number of fused-ring (bicyclic) bond motifs is 1. The lowest BCUT2D eigenvalue weighted by atomic mass is 10.0. The first-order valence-corrected chi connectivity index (χ1v) is 6.04. The van der Waals surface area contributed by atoms with Gasteiger partial charge in [-0.2, -0.15) is 0 Å². The largest absolute Gasteiger partial charge is 0.496 e. The molecule has 0 saturated heterocycles. The topological polar surface area (TPSA) is 42.1 Å². The molecule has 1 aromatic heterocycles. The fraction of sp³-hybridized carbons (Fsp3) is 0.0625. The van der Waals surface area contributed by atoms with E-state index in [0.29, 0.717) is 0 Å². The molecule has 19 heavy (non-hydrogen) atoms. The quantitative estimate of drug-likeness (QED) is 0.760. The Labute approximate surface area is 110 Å². The second kappa shape index (κ2) is 4.61. The van der Waals surface area contributed by atoms with E-state index in [4.69, 9.17) is 4.74 Å². The standard InChI is InChI=1S/C16H13NO2/c1-19-15-9-12-7-8-16(18)17-14(12)10-13(15)11-5-3-2-4-6-11/h2-10H,1H3,(H,17,18). The van der Waals surface area contributed by atoms with Gasteiger partial charge in [0.25, 0.3) is 0 Å². The molecule has 0 atom stereocenters. The van der Waals surface area contributed by atoms with Gasteiger partial charge in [0.05, 0.1) is 7.11 Å². The number of hydrogen-bond donors (Lipinski definition) is 1. The fourth-order valence-corrected chi connectivity index (χ4v) is 2.19. The minimum absolute atomic E-state index is 0.100. The van der Waals surface area contributed by atoms with Crippen molar-refractivity contribution in [1.29, 1.82) is 0 Å². The summed E-state index contributed by atoms with van der Waals surface area (Å²) in [5.74, 6) is 0.797. The second-order valence-corrected chi connectivity index (χ2v) is 4.33. The van der Waals surface area contributed by atoms with Gasteiger partial charge >= 0.3 is 0 Å². The molecule has 3 rings (SSSR count). The molecular weight excluding hydrogens is 238 g/mol. The van der Waals surface area contributed by atoms with Gasteiger partial charge in [-0.05, 0) is 23.8 Å². The second-order valence-electron chi connectivity index (χ2n) is 4.33. The molecule has 0 aliphatic heterocycles. The Hall–Kier alpha value is -2.55. The summed E-state index contributed by atoms with van der Waals surface area (Å²) < 4.78 is 5.45. The van der Waals surface area contributed by atoms with Crippen molar-refractivity contribution < 1.29 is 4.74 Å². The lowest BCUT2D eigenvalue weighted by molar-refractivity contribution is 0.417. The zero-order valence-corrected chi connectivity index (χ0v) is 10.5. The maximum Gasteiger partial charge on any atom is 0.248 e. The third-order valence-electron chi connectivity index (χ3n) is 3.13. The molecule has 0 radical (unpaired) electrons. The molecule has 1 N–H and O–H groups in total. The fourth-order valence-electron chi connectivity index (χ4n) is 2.19. The van der Waals surface area contributed by atoms with Gasteiger partial charge in [0.1, 0.15) is 5.75 Å². The van der Waals surface area contributed by atoms with Gasteiger partial charge in [-0.1, -0.05) is 30.3 Å². The van der Waals surface area contributed by atoms with Crippen molar-refractivity contribution >= 4 is 10.9 Å². The monoisotopic (exact) mass is 251 g/mol. The number of aromatic nitrogens is 1. The van der Waals surface area contributed by atoms with Crippen LogP contribution in [0, 0.1) is 0 Å². The molecule has 0 aliphatic carbocycles. The van der Waals surface area contributed by atoms with Gasteiger partial charge in [-0.15, -0.1) is 0 Å². The summed E-state index contributed by atoms with van der Waals surface area (Å²) in [7, 11) is 1.65. The Morgan fingerprint density at radius 1 is 1.00 bits per heavy atom. The molecule has 0 saturated carbocycles. The number of nitrogens with one attached hydrogen (secondary N) is 1. The lowest BCUT2D eigenvalue weighted by Crippen LogP contribution is -2.02. The van der Waals surface area contributed by atoms with Crippen LogP contribution < -0.4 is 10.3 Å². The van der Waals surface area contributed by atoms with Gasteiger partial charge in [0.15, 0.2) is 0 Å². The number of ether oxygens (including phenoxy) is 1. The van der Waals surface area contributed by atoms with Crippen LogP contribution in [-0.4, -0.2) is 12.1 Å². The third kappa shape index (κ3) is 2.10. The van der Waals surface area contributed by atoms with Crippen LogP contribution in [0.2, 0.25) is 0 Å². The predicted molar refractivity (Wildman–Crippen MR) is 76.6 cm³/mol. The van der Waals surface area contributed by atoms with Gasteiger partial charge in [-0.25, -0.2) is 0 Å². The Balaban J connectivity index is 2.31. The van der Waals surface area contributed by atoms with Gasteiger partial charge < -0.3 is 9.72 Å². The number of rotatable bonds is 2. The summed E-state index contributed by atoms with van der Waals surface area (Å²) in [4.78, 5) is 14.2. The molecule has 3 aromatic rings. The molecule has 2 aromatic carbocycles. The smallest absolute Gasteiger partial charge is 0.248 e. The Morgan fingerprint density at radius 2 is 1.79 bits per heavy atom. The Kier molecular flexibility index (Phi) is 2.80. The molecule has 94 valence electrons. The van der Waals surface area contributed by atoms with E-state index in [1.807, 2.05) is 42.5 Å². The molecule has 0 aliphatic rings. The Morgan fingerprint density at radius 3 is 2.53 bits per heavy atom. The van der Waals surface area contributed by atoms with Crippen molar-refractivity contribution in [2.24, 2.45) is 0 Å². The van der Waals surface area contributed by atoms with Crippen molar-refractivity contribution in [1.82, 2.24) is 4.98 Å². The van der Waals surface area contributed by atoms with Crippen LogP contribution in [0.1, 0.15) is 0 Å². The van der Waals surface area contributed by atoms with E-state index in [1.165, 1.54) is 6.07 Å². The summed E-state index contributed by atoms with van der Waals surface area (Å²) >= 11 is 0. The van der Waals surface area contributed by atoms with E-state index in [1.54, 1.807) is 13.2 Å². The maximum atomic E-state index is 11.4. The lowest BCUT2D eigenvalue weighted by Gasteiger charge is -2.10. The third-order valence-corrected chi connectivity index (χ3v) is 3.13. The molecule has 0 spiro atoms. The molecule has 0 fully saturated rings. The number of pyridine rings is 1. The van der Waals surface area contributed by atoms with Gasteiger partial charge in [0.2, 0.25) is 5.56 Å². The highest BCUT2D eigenvalue weighted by molar-refractivity contribution is 5.88. The first-order valence-electron chi connectivity index (χ1n) is 6.04. The molecule has 1 heterocycles. The van der Waals surface area contributed by atoms with E-state index in [9.17, 15) is 4.79 Å². The SMILES string of the molecule is COc1cc2ccc(=O)[nH]c2cc1-c1ccccc1. The first kappa shape index (κ1) is 11.5. The van der Waals surface area contributed by atoms with Gasteiger partial charge in [-0.3, -0.25) is 4.79 Å². The zero-order valence-electron chi connectivity index (χ0n) is 10.5. The number of methoxy groups -OCH3 is 1. The van der Waals surface area contributed by atoms with Gasteiger partial charge in [0, 0.05) is 22.5 Å². The molecule has 0 unspecified atom stereocenters. The highest BCUT2D eigenvalue weighted by atomic mass is 16.5. The van der Waals surface area contributed by atoms with Crippen LogP contribution in [0.4, 0.5) is 0 Å². The van der Waals surface area contributed by atoms with Crippen LogP contribution >= 0.6 is 0 Å². The Bertz CT molecular complexity index is 776. The minimum Gasteiger partial charge on any atom is -0.496 e. The predicted octanol–water partition coefficient (Wildman–Crippen LogP) is 3.20. The summed E-state index contributed by atoms with van der Waals surface area (Å²) in [6, 6.07) is 17.2. The van der Waals surface area contributed by atoms with E-state index < -0.39 is 0 Å². The molecular formula is C16H13NO2. The summed E-state index contributed by atoms with van der Waals surface area (Å²) in [6.45, 7) is 0. The molecule has 3 nitrogen and oxygen atoms in total. The van der Waals surface area contributed by atoms with E-state index in [-0.39, 0.29) is 5.56 Å². The van der Waals surface area contributed by atoms with Crippen LogP contribution in [-0.2, 0) is 0 Å². The average molecular weight is 251 g/mol. The number of aromatic amines is 1. The summed E-state index contributed by atoms with van der Waals surface area (Å²) in [5, 5.41) is 0.955. The normalized spacial score (nSPS) is 10.6. The van der Waals surface area contributed by atoms with Crippen LogP contribution in [0.5, 0.6) is 5.75 Å². The number of benzene rings is 2. The summed E-state index contributed by atoms with van der Waals surface area (Å²) in [6.07, 6.45) is 0. The molecule has 0 amide bonds. The van der Waals surface area contributed by atoms with Crippen LogP contribution in [0.15, 0.2) is 59.4 Å².